The van der Waals surface area contributed by atoms with Crippen LogP contribution in [0.3, 0.4) is 0 Å². The molecule has 0 aliphatic carbocycles. The number of nitro groups is 1. The van der Waals surface area contributed by atoms with Crippen molar-refractivity contribution >= 4 is 11.5 Å². The van der Waals surface area contributed by atoms with E-state index in [1.54, 1.807) is 0 Å². The lowest BCUT2D eigenvalue weighted by atomic mass is 10.0. The second-order valence-corrected chi connectivity index (χ2v) is 4.91. The average molecular weight is 271 g/mol. The van der Waals surface area contributed by atoms with Crippen LogP contribution in [0.25, 0.3) is 0 Å². The van der Waals surface area contributed by atoms with Gasteiger partial charge >= 0.3 is 0 Å². The molecule has 1 heterocycles. The van der Waals surface area contributed by atoms with Crippen LogP contribution in [0.5, 0.6) is 0 Å². The van der Waals surface area contributed by atoms with E-state index in [4.69, 9.17) is 0 Å². The molecule has 20 heavy (non-hydrogen) atoms. The van der Waals surface area contributed by atoms with Crippen molar-refractivity contribution in [2.75, 3.05) is 5.32 Å². The summed E-state index contributed by atoms with van der Waals surface area (Å²) in [6.45, 7) is 4.90. The van der Waals surface area contributed by atoms with Crippen LogP contribution in [0.15, 0.2) is 42.6 Å². The van der Waals surface area contributed by atoms with Crippen LogP contribution in [-0.4, -0.2) is 9.91 Å². The molecule has 2 rings (SSSR count). The Hall–Kier alpha value is -2.43. The molecule has 0 bridgehead atoms. The van der Waals surface area contributed by atoms with E-state index in [1.807, 2.05) is 0 Å². The maximum absolute atomic E-state index is 10.7. The van der Waals surface area contributed by atoms with Gasteiger partial charge in [0, 0.05) is 18.8 Å². The van der Waals surface area contributed by atoms with Crippen molar-refractivity contribution in [2.24, 2.45) is 0 Å². The quantitative estimate of drug-likeness (QED) is 0.664. The maximum atomic E-state index is 10.7. The molecule has 2 aromatic rings. The van der Waals surface area contributed by atoms with E-state index in [0.29, 0.717) is 18.3 Å². The second kappa shape index (κ2) is 6.14. The lowest BCUT2D eigenvalue weighted by molar-refractivity contribution is -0.384. The van der Waals surface area contributed by atoms with Gasteiger partial charge in [-0.25, -0.2) is 4.98 Å². The summed E-state index contributed by atoms with van der Waals surface area (Å²) in [6, 6.07) is 11.1. The normalized spacial score (nSPS) is 10.6. The van der Waals surface area contributed by atoms with E-state index in [-0.39, 0.29) is 5.69 Å². The van der Waals surface area contributed by atoms with Gasteiger partial charge in [-0.3, -0.25) is 10.1 Å². The van der Waals surface area contributed by atoms with Crippen molar-refractivity contribution < 1.29 is 4.92 Å². The summed E-state index contributed by atoms with van der Waals surface area (Å²) in [5, 5.41) is 13.8. The fraction of sp³-hybridized carbons (Fsp3) is 0.267. The minimum atomic E-state index is -0.426. The van der Waals surface area contributed by atoms with E-state index in [2.05, 4.69) is 48.4 Å². The summed E-state index contributed by atoms with van der Waals surface area (Å²) in [5.74, 6) is 1.02. The molecular formula is C15H17N3O2. The minimum Gasteiger partial charge on any atom is -0.366 e. The Balaban J connectivity index is 2.01. The molecule has 5 heteroatoms. The van der Waals surface area contributed by atoms with Gasteiger partial charge in [0.25, 0.3) is 5.69 Å². The molecule has 0 amide bonds. The van der Waals surface area contributed by atoms with Gasteiger partial charge in [-0.05, 0) is 17.0 Å². The Kier molecular flexibility index (Phi) is 4.30. The second-order valence-electron chi connectivity index (χ2n) is 4.91. The molecule has 0 unspecified atom stereocenters. The van der Waals surface area contributed by atoms with Crippen LogP contribution in [0.4, 0.5) is 11.5 Å². The van der Waals surface area contributed by atoms with Crippen molar-refractivity contribution in [1.29, 1.82) is 0 Å². The number of benzene rings is 1. The molecule has 0 atom stereocenters. The van der Waals surface area contributed by atoms with Gasteiger partial charge in [-0.15, -0.1) is 0 Å². The van der Waals surface area contributed by atoms with Gasteiger partial charge in [-0.2, -0.15) is 0 Å². The van der Waals surface area contributed by atoms with E-state index in [9.17, 15) is 10.1 Å². The highest BCUT2D eigenvalue weighted by Gasteiger charge is 2.06. The highest BCUT2D eigenvalue weighted by molar-refractivity contribution is 5.44. The lowest BCUT2D eigenvalue weighted by Crippen LogP contribution is -2.02. The zero-order valence-corrected chi connectivity index (χ0v) is 11.5. The molecule has 0 radical (unpaired) electrons. The average Bonchev–Trinajstić information content (AvgIpc) is 2.46. The number of hydrogen-bond acceptors (Lipinski definition) is 4. The van der Waals surface area contributed by atoms with Crippen LogP contribution in [0, 0.1) is 10.1 Å². The smallest absolute Gasteiger partial charge is 0.274 e. The maximum Gasteiger partial charge on any atom is 0.274 e. The third kappa shape index (κ3) is 3.54. The standard InChI is InChI=1S/C15H17N3O2/c1-11(2)13-5-3-12(4-6-13)10-17-15-9-14(18(19)20)7-8-16-15/h3-9,11H,10H2,1-2H3,(H,16,17). The Labute approximate surface area is 117 Å². The first-order valence-electron chi connectivity index (χ1n) is 6.49. The highest BCUT2D eigenvalue weighted by Crippen LogP contribution is 2.17. The molecule has 0 spiro atoms. The van der Waals surface area contributed by atoms with Crippen LogP contribution >= 0.6 is 0 Å². The molecule has 0 saturated heterocycles. The summed E-state index contributed by atoms with van der Waals surface area (Å²) in [6.07, 6.45) is 1.43. The third-order valence-electron chi connectivity index (χ3n) is 3.07. The Morgan fingerprint density at radius 1 is 1.25 bits per heavy atom. The van der Waals surface area contributed by atoms with Crippen molar-refractivity contribution in [1.82, 2.24) is 4.98 Å². The fourth-order valence-electron chi connectivity index (χ4n) is 1.84. The zero-order chi connectivity index (χ0) is 14.5. The Morgan fingerprint density at radius 3 is 2.55 bits per heavy atom. The van der Waals surface area contributed by atoms with Gasteiger partial charge in [0.05, 0.1) is 11.0 Å². The first-order chi connectivity index (χ1) is 9.56. The van der Waals surface area contributed by atoms with Crippen LogP contribution < -0.4 is 5.32 Å². The number of pyridine rings is 1. The molecular weight excluding hydrogens is 254 g/mol. The van der Waals surface area contributed by atoms with Gasteiger partial charge in [0.15, 0.2) is 0 Å². The number of aromatic nitrogens is 1. The van der Waals surface area contributed by atoms with E-state index in [0.717, 1.165) is 5.56 Å². The molecule has 0 aliphatic heterocycles. The SMILES string of the molecule is CC(C)c1ccc(CNc2cc([N+](=O)[O-])ccn2)cc1. The van der Waals surface area contributed by atoms with Crippen LogP contribution in [0.2, 0.25) is 0 Å². The zero-order valence-electron chi connectivity index (χ0n) is 11.5. The Bertz CT molecular complexity index is 594. The van der Waals surface area contributed by atoms with Gasteiger partial charge < -0.3 is 5.32 Å². The first kappa shape index (κ1) is 14.0. The van der Waals surface area contributed by atoms with E-state index < -0.39 is 4.92 Å². The fourth-order valence-corrected chi connectivity index (χ4v) is 1.84. The van der Waals surface area contributed by atoms with E-state index >= 15 is 0 Å². The van der Waals surface area contributed by atoms with Gasteiger partial charge in [0.2, 0.25) is 0 Å². The van der Waals surface area contributed by atoms with Crippen LogP contribution in [0.1, 0.15) is 30.9 Å². The number of nitrogens with zero attached hydrogens (tertiary/aromatic N) is 2. The summed E-state index contributed by atoms with van der Waals surface area (Å²) in [7, 11) is 0. The lowest BCUT2D eigenvalue weighted by Gasteiger charge is -2.08. The molecule has 1 aromatic carbocycles. The largest absolute Gasteiger partial charge is 0.366 e. The van der Waals surface area contributed by atoms with Crippen LogP contribution in [-0.2, 0) is 6.54 Å². The molecule has 0 aliphatic rings. The summed E-state index contributed by atoms with van der Waals surface area (Å²) in [4.78, 5) is 14.3. The minimum absolute atomic E-state index is 0.0395. The topological polar surface area (TPSA) is 68.1 Å². The third-order valence-corrected chi connectivity index (χ3v) is 3.07. The first-order valence-corrected chi connectivity index (χ1v) is 6.49. The van der Waals surface area contributed by atoms with Crippen molar-refractivity contribution in [3.05, 3.63) is 63.8 Å². The summed E-state index contributed by atoms with van der Waals surface area (Å²) < 4.78 is 0. The molecule has 0 saturated carbocycles. The van der Waals surface area contributed by atoms with Crippen molar-refractivity contribution in [2.45, 2.75) is 26.3 Å². The molecule has 1 aromatic heterocycles. The predicted octanol–water partition coefficient (Wildman–Crippen LogP) is 3.73. The van der Waals surface area contributed by atoms with Crippen molar-refractivity contribution in [3.63, 3.8) is 0 Å². The van der Waals surface area contributed by atoms with Gasteiger partial charge in [-0.1, -0.05) is 38.1 Å². The molecule has 104 valence electrons. The van der Waals surface area contributed by atoms with Crippen molar-refractivity contribution in [3.8, 4) is 0 Å². The molecule has 0 fully saturated rings. The number of hydrogen-bond donors (Lipinski definition) is 1. The molecule has 5 nitrogen and oxygen atoms in total. The Morgan fingerprint density at radius 2 is 1.95 bits per heavy atom. The number of anilines is 1. The predicted molar refractivity (Wildman–Crippen MR) is 78.7 cm³/mol. The number of rotatable bonds is 5. The molecule has 1 N–H and O–H groups in total. The summed E-state index contributed by atoms with van der Waals surface area (Å²) >= 11 is 0. The van der Waals surface area contributed by atoms with Gasteiger partial charge in [0.1, 0.15) is 5.82 Å². The number of nitrogens with one attached hydrogen (secondary N) is 1. The van der Waals surface area contributed by atoms with E-state index in [1.165, 1.54) is 23.9 Å². The summed E-state index contributed by atoms with van der Waals surface area (Å²) in [5.41, 5.74) is 2.45. The highest BCUT2D eigenvalue weighted by atomic mass is 16.6. The monoisotopic (exact) mass is 271 g/mol.